The molecule has 0 fully saturated rings. The van der Waals surface area contributed by atoms with E-state index in [1.54, 1.807) is 24.3 Å². The van der Waals surface area contributed by atoms with E-state index < -0.39 is 17.9 Å². The van der Waals surface area contributed by atoms with Gasteiger partial charge < -0.3 is 20.6 Å². The average Bonchev–Trinajstić information content (AvgIpc) is 2.72. The maximum Gasteiger partial charge on any atom is 0.253 e. The molecule has 0 radical (unpaired) electrons. The minimum atomic E-state index is -0.557. The lowest BCUT2D eigenvalue weighted by atomic mass is 10.1. The van der Waals surface area contributed by atoms with E-state index in [1.165, 1.54) is 36.7 Å². The summed E-state index contributed by atoms with van der Waals surface area (Å²) in [6.07, 6.45) is 2.63. The Kier molecular flexibility index (Phi) is 6.25. The van der Waals surface area contributed by atoms with Crippen LogP contribution in [0.4, 0.5) is 0 Å². The number of aromatic nitrogens is 2. The molecule has 1 aromatic carbocycles. The quantitative estimate of drug-likeness (QED) is 0.491. The van der Waals surface area contributed by atoms with Crippen molar-refractivity contribution in [3.05, 3.63) is 103 Å². The molecule has 2 aromatic heterocycles. The molecule has 0 saturated carbocycles. The molecule has 2 heterocycles. The molecule has 1 atom stereocenters. The van der Waals surface area contributed by atoms with Gasteiger partial charge in [0.1, 0.15) is 0 Å². The number of benzene rings is 1. The first-order valence-corrected chi connectivity index (χ1v) is 9.02. The zero-order chi connectivity index (χ0) is 20.8. The SMILES string of the molecule is O=C(NCC(NC(=O)c1ccc(=O)[nH]c1)c1ccc(Cl)cc1)c1ccc(=O)[nH]c1. The van der Waals surface area contributed by atoms with Crippen molar-refractivity contribution < 1.29 is 9.59 Å². The highest BCUT2D eigenvalue weighted by Gasteiger charge is 2.18. The van der Waals surface area contributed by atoms with Gasteiger partial charge in [0, 0.05) is 36.1 Å². The highest BCUT2D eigenvalue weighted by atomic mass is 35.5. The van der Waals surface area contributed by atoms with E-state index in [4.69, 9.17) is 11.6 Å². The summed E-state index contributed by atoms with van der Waals surface area (Å²) in [5, 5.41) is 6.10. The van der Waals surface area contributed by atoms with Gasteiger partial charge in [-0.05, 0) is 29.8 Å². The number of carbonyl (C=O) groups is 2. The molecule has 9 heteroatoms. The zero-order valence-corrected chi connectivity index (χ0v) is 15.8. The van der Waals surface area contributed by atoms with Crippen LogP contribution in [0.1, 0.15) is 32.3 Å². The molecule has 0 aliphatic heterocycles. The zero-order valence-electron chi connectivity index (χ0n) is 15.1. The van der Waals surface area contributed by atoms with Gasteiger partial charge in [-0.1, -0.05) is 23.7 Å². The Morgan fingerprint density at radius 1 is 0.828 bits per heavy atom. The summed E-state index contributed by atoms with van der Waals surface area (Å²) in [6, 6.07) is 11.6. The molecule has 3 rings (SSSR count). The van der Waals surface area contributed by atoms with E-state index in [0.29, 0.717) is 5.02 Å². The van der Waals surface area contributed by atoms with Crippen LogP contribution in [0.5, 0.6) is 0 Å². The first kappa shape index (κ1) is 20.1. The summed E-state index contributed by atoms with van der Waals surface area (Å²) < 4.78 is 0. The van der Waals surface area contributed by atoms with Crippen LogP contribution < -0.4 is 21.8 Å². The van der Waals surface area contributed by atoms with Crippen molar-refractivity contribution in [2.24, 2.45) is 0 Å². The Labute approximate surface area is 169 Å². The summed E-state index contributed by atoms with van der Waals surface area (Å²) in [7, 11) is 0. The predicted octanol–water partition coefficient (Wildman–Crippen LogP) is 1.62. The second-order valence-corrected chi connectivity index (χ2v) is 6.61. The van der Waals surface area contributed by atoms with Crippen molar-refractivity contribution in [1.82, 2.24) is 20.6 Å². The third-order valence-corrected chi connectivity index (χ3v) is 4.39. The van der Waals surface area contributed by atoms with Crippen LogP contribution >= 0.6 is 11.6 Å². The van der Waals surface area contributed by atoms with Gasteiger partial charge in [0.25, 0.3) is 11.8 Å². The molecule has 0 aliphatic rings. The van der Waals surface area contributed by atoms with Crippen molar-refractivity contribution in [1.29, 1.82) is 0 Å². The van der Waals surface area contributed by atoms with Gasteiger partial charge in [0.05, 0.1) is 17.2 Å². The maximum absolute atomic E-state index is 12.5. The second kappa shape index (κ2) is 9.03. The molecule has 148 valence electrons. The number of nitrogens with one attached hydrogen (secondary N) is 4. The Bertz CT molecular complexity index is 1100. The fourth-order valence-corrected chi connectivity index (χ4v) is 2.72. The number of pyridine rings is 2. The van der Waals surface area contributed by atoms with E-state index in [2.05, 4.69) is 20.6 Å². The van der Waals surface area contributed by atoms with Crippen molar-refractivity contribution in [2.45, 2.75) is 6.04 Å². The van der Waals surface area contributed by atoms with Crippen molar-refractivity contribution in [2.75, 3.05) is 6.54 Å². The Balaban J connectivity index is 1.76. The third kappa shape index (κ3) is 5.43. The minimum Gasteiger partial charge on any atom is -0.350 e. The normalized spacial score (nSPS) is 11.5. The fourth-order valence-electron chi connectivity index (χ4n) is 2.59. The number of hydrogen-bond donors (Lipinski definition) is 4. The first-order valence-electron chi connectivity index (χ1n) is 8.64. The summed E-state index contributed by atoms with van der Waals surface area (Å²) in [5.74, 6) is -0.821. The van der Waals surface area contributed by atoms with Crippen LogP contribution in [0.15, 0.2) is 70.5 Å². The van der Waals surface area contributed by atoms with Crippen molar-refractivity contribution >= 4 is 23.4 Å². The first-order chi connectivity index (χ1) is 13.9. The molecule has 4 N–H and O–H groups in total. The van der Waals surface area contributed by atoms with Gasteiger partial charge >= 0.3 is 0 Å². The van der Waals surface area contributed by atoms with Gasteiger partial charge in [-0.15, -0.1) is 0 Å². The third-order valence-electron chi connectivity index (χ3n) is 4.14. The summed E-state index contributed by atoms with van der Waals surface area (Å²) in [4.78, 5) is 52.1. The lowest BCUT2D eigenvalue weighted by Gasteiger charge is -2.20. The number of amides is 2. The van der Waals surface area contributed by atoms with Crippen LogP contribution in [-0.4, -0.2) is 28.3 Å². The molecule has 0 aliphatic carbocycles. The lowest BCUT2D eigenvalue weighted by Crippen LogP contribution is -2.38. The Hall–Kier alpha value is -3.65. The number of rotatable bonds is 6. The molecule has 0 bridgehead atoms. The number of hydrogen-bond acceptors (Lipinski definition) is 4. The highest BCUT2D eigenvalue weighted by Crippen LogP contribution is 2.17. The van der Waals surface area contributed by atoms with Crippen LogP contribution in [0.2, 0.25) is 5.02 Å². The average molecular weight is 413 g/mol. The molecule has 0 spiro atoms. The molecular weight excluding hydrogens is 396 g/mol. The summed E-state index contributed by atoms with van der Waals surface area (Å²) in [6.45, 7) is 0.0919. The van der Waals surface area contributed by atoms with Gasteiger partial charge in [-0.25, -0.2) is 0 Å². The van der Waals surface area contributed by atoms with E-state index in [1.807, 2.05) is 0 Å². The Morgan fingerprint density at radius 3 is 1.90 bits per heavy atom. The highest BCUT2D eigenvalue weighted by molar-refractivity contribution is 6.30. The van der Waals surface area contributed by atoms with Gasteiger partial charge in [-0.2, -0.15) is 0 Å². The van der Waals surface area contributed by atoms with E-state index >= 15 is 0 Å². The maximum atomic E-state index is 12.5. The monoisotopic (exact) mass is 412 g/mol. The van der Waals surface area contributed by atoms with E-state index in [9.17, 15) is 19.2 Å². The molecule has 3 aromatic rings. The largest absolute Gasteiger partial charge is 0.350 e. The van der Waals surface area contributed by atoms with Gasteiger partial charge in [-0.3, -0.25) is 19.2 Å². The van der Waals surface area contributed by atoms with Crippen molar-refractivity contribution in [3.63, 3.8) is 0 Å². The standard InChI is InChI=1S/C20H17ClN4O4/c21-15-5-1-12(2-6-15)16(25-20(29)14-4-8-18(27)23-10-14)11-24-19(28)13-3-7-17(26)22-9-13/h1-10,16H,11H2,(H,22,26)(H,23,27)(H,24,28)(H,25,29). The number of halogens is 1. The number of carbonyl (C=O) groups excluding carboxylic acids is 2. The van der Waals surface area contributed by atoms with Crippen LogP contribution in [0.3, 0.4) is 0 Å². The summed E-state index contributed by atoms with van der Waals surface area (Å²) in [5.41, 5.74) is 0.661. The molecule has 1 unspecified atom stereocenters. The lowest BCUT2D eigenvalue weighted by molar-refractivity contribution is 0.0908. The molecule has 2 amide bonds. The number of aromatic amines is 2. The van der Waals surface area contributed by atoms with Crippen LogP contribution in [-0.2, 0) is 0 Å². The molecular formula is C20H17ClN4O4. The van der Waals surface area contributed by atoms with Crippen LogP contribution in [0.25, 0.3) is 0 Å². The van der Waals surface area contributed by atoms with Gasteiger partial charge in [0.15, 0.2) is 0 Å². The smallest absolute Gasteiger partial charge is 0.253 e. The predicted molar refractivity (Wildman–Crippen MR) is 108 cm³/mol. The topological polar surface area (TPSA) is 124 Å². The molecule has 29 heavy (non-hydrogen) atoms. The second-order valence-electron chi connectivity index (χ2n) is 6.17. The van der Waals surface area contributed by atoms with E-state index in [0.717, 1.165) is 5.56 Å². The van der Waals surface area contributed by atoms with E-state index in [-0.39, 0.29) is 28.8 Å². The van der Waals surface area contributed by atoms with Crippen molar-refractivity contribution in [3.8, 4) is 0 Å². The van der Waals surface area contributed by atoms with Crippen LogP contribution in [0, 0.1) is 0 Å². The summed E-state index contributed by atoms with van der Waals surface area (Å²) >= 11 is 5.93. The molecule has 0 saturated heterocycles. The fraction of sp³-hybridized carbons (Fsp3) is 0.100. The van der Waals surface area contributed by atoms with Gasteiger partial charge in [0.2, 0.25) is 11.1 Å². The number of H-pyrrole nitrogens is 2. The minimum absolute atomic E-state index is 0.0919. The Morgan fingerprint density at radius 2 is 1.38 bits per heavy atom. The molecule has 8 nitrogen and oxygen atoms in total.